The number of aliphatic hydroxyl groups excluding tert-OH is 6. The van der Waals surface area contributed by atoms with Gasteiger partial charge in [-0.2, -0.15) is 0 Å². The quantitative estimate of drug-likeness (QED) is 0.213. The number of hydrogen-bond acceptors (Lipinski definition) is 10. The van der Waals surface area contributed by atoms with Crippen molar-refractivity contribution in [3.05, 3.63) is 11.6 Å². The molecule has 15 unspecified atom stereocenters. The van der Waals surface area contributed by atoms with Crippen molar-refractivity contribution in [3.8, 4) is 0 Å². The molecule has 246 valence electrons. The summed E-state index contributed by atoms with van der Waals surface area (Å²) in [6.45, 7) is 9.97. The maximum absolute atomic E-state index is 13.8. The van der Waals surface area contributed by atoms with E-state index in [0.29, 0.717) is 12.3 Å². The first-order chi connectivity index (χ1) is 20.1. The van der Waals surface area contributed by atoms with Gasteiger partial charge in [-0.3, -0.25) is 4.79 Å². The highest BCUT2D eigenvalue weighted by molar-refractivity contribution is 5.95. The van der Waals surface area contributed by atoms with Crippen molar-refractivity contribution < 1.29 is 50.0 Å². The Morgan fingerprint density at radius 3 is 2.35 bits per heavy atom. The molecule has 4 fully saturated rings. The maximum Gasteiger partial charge on any atom is 0.187 e. The second kappa shape index (κ2) is 12.0. The molecule has 0 bridgehead atoms. The van der Waals surface area contributed by atoms with Crippen molar-refractivity contribution in [2.24, 2.45) is 40.4 Å². The summed E-state index contributed by atoms with van der Waals surface area (Å²) in [4.78, 5) is 13.8. The molecule has 1 aliphatic heterocycles. The summed E-state index contributed by atoms with van der Waals surface area (Å²) < 4.78 is 11.4. The normalized spacial score (nSPS) is 49.6. The van der Waals surface area contributed by atoms with Gasteiger partial charge in [0.15, 0.2) is 12.1 Å². The summed E-state index contributed by atoms with van der Waals surface area (Å²) in [6.07, 6.45) is -2.98. The number of aliphatic hydroxyl groups is 7. The summed E-state index contributed by atoms with van der Waals surface area (Å²) in [7, 11) is 0. The highest BCUT2D eigenvalue weighted by Gasteiger charge is 2.67. The van der Waals surface area contributed by atoms with Gasteiger partial charge in [0.2, 0.25) is 0 Å². The summed E-state index contributed by atoms with van der Waals surface area (Å²) >= 11 is 0. The molecule has 0 aromatic carbocycles. The Hall–Kier alpha value is -0.950. The van der Waals surface area contributed by atoms with Gasteiger partial charge in [0.25, 0.3) is 0 Å². The van der Waals surface area contributed by atoms with Crippen LogP contribution in [0.3, 0.4) is 0 Å². The van der Waals surface area contributed by atoms with Crippen molar-refractivity contribution in [2.75, 3.05) is 6.61 Å². The molecular formula is C33H54O10. The molecule has 1 heterocycles. The molecule has 10 heteroatoms. The third-order valence-electron chi connectivity index (χ3n) is 12.6. The first-order valence-corrected chi connectivity index (χ1v) is 16.4. The predicted octanol–water partition coefficient (Wildman–Crippen LogP) is 1.45. The van der Waals surface area contributed by atoms with Crippen molar-refractivity contribution in [1.82, 2.24) is 0 Å². The van der Waals surface area contributed by atoms with Gasteiger partial charge in [0.1, 0.15) is 24.4 Å². The van der Waals surface area contributed by atoms with E-state index in [9.17, 15) is 40.5 Å². The molecule has 3 saturated carbocycles. The van der Waals surface area contributed by atoms with E-state index in [1.807, 2.05) is 6.92 Å². The van der Waals surface area contributed by atoms with Crippen LogP contribution in [0.5, 0.6) is 0 Å². The van der Waals surface area contributed by atoms with Crippen LogP contribution in [0.25, 0.3) is 0 Å². The third-order valence-corrected chi connectivity index (χ3v) is 12.6. The summed E-state index contributed by atoms with van der Waals surface area (Å²) in [5.41, 5.74) is -1.48. The van der Waals surface area contributed by atoms with E-state index in [4.69, 9.17) is 9.47 Å². The number of rotatable bonds is 8. The lowest BCUT2D eigenvalue weighted by molar-refractivity contribution is -0.322. The largest absolute Gasteiger partial charge is 0.394 e. The number of carbonyl (C=O) groups excluding carboxylic acids is 1. The lowest BCUT2D eigenvalue weighted by Gasteiger charge is -2.60. The maximum atomic E-state index is 13.8. The van der Waals surface area contributed by atoms with Crippen molar-refractivity contribution in [2.45, 2.75) is 141 Å². The van der Waals surface area contributed by atoms with E-state index in [1.54, 1.807) is 6.08 Å². The smallest absolute Gasteiger partial charge is 0.187 e. The molecule has 0 radical (unpaired) electrons. The van der Waals surface area contributed by atoms with Gasteiger partial charge in [-0.05, 0) is 92.1 Å². The van der Waals surface area contributed by atoms with Crippen LogP contribution in [0, 0.1) is 40.4 Å². The number of fused-ring (bicyclic) bond motifs is 5. The highest BCUT2D eigenvalue weighted by Crippen LogP contribution is 2.68. The molecule has 15 atom stereocenters. The Bertz CT molecular complexity index is 1060. The van der Waals surface area contributed by atoms with Crippen LogP contribution < -0.4 is 0 Å². The van der Waals surface area contributed by atoms with Gasteiger partial charge in [0.05, 0.1) is 30.5 Å². The first-order valence-electron chi connectivity index (χ1n) is 16.4. The van der Waals surface area contributed by atoms with Gasteiger partial charge in [-0.25, -0.2) is 0 Å². The van der Waals surface area contributed by atoms with Crippen LogP contribution in [-0.4, -0.2) is 103 Å². The highest BCUT2D eigenvalue weighted by atomic mass is 16.7. The zero-order valence-electron chi connectivity index (χ0n) is 26.3. The Morgan fingerprint density at radius 1 is 1.00 bits per heavy atom. The average Bonchev–Trinajstić information content (AvgIpc) is 3.23. The first kappa shape index (κ1) is 33.4. The van der Waals surface area contributed by atoms with E-state index in [0.717, 1.165) is 37.7 Å². The fourth-order valence-electron chi connectivity index (χ4n) is 9.77. The minimum Gasteiger partial charge on any atom is -0.394 e. The van der Waals surface area contributed by atoms with Gasteiger partial charge in [0, 0.05) is 11.3 Å². The summed E-state index contributed by atoms with van der Waals surface area (Å²) in [5, 5.41) is 75.2. The Morgan fingerprint density at radius 2 is 1.70 bits per heavy atom. The van der Waals surface area contributed by atoms with E-state index < -0.39 is 78.0 Å². The molecular weight excluding hydrogens is 556 g/mol. The lowest BCUT2D eigenvalue weighted by Crippen LogP contribution is -2.63. The van der Waals surface area contributed by atoms with E-state index in [1.165, 1.54) is 0 Å². The Labute approximate surface area is 255 Å². The molecule has 0 spiro atoms. The molecule has 0 aromatic heterocycles. The minimum atomic E-state index is -1.60. The lowest BCUT2D eigenvalue weighted by atomic mass is 9.45. The summed E-state index contributed by atoms with van der Waals surface area (Å²) in [6, 6.07) is 0. The standard InChI is InChI=1S/C33H54O10/c1-16(2)6-7-22(35)17(3)18-9-11-33(41)20-12-23(36)21-13-25(42-30-29(40)28(39)27(38)26(15-34)43-30)24(37)14-31(21,4)19(20)8-10-32(18,33)5/h12,16-19,21-22,24-30,34-35,37-41H,6-11,13-15H2,1-5H3. The number of allylic oxidation sites excluding steroid dienone is 1. The zero-order valence-corrected chi connectivity index (χ0v) is 26.3. The van der Waals surface area contributed by atoms with Crippen LogP contribution in [0.1, 0.15) is 86.0 Å². The summed E-state index contributed by atoms with van der Waals surface area (Å²) in [5.74, 6) is -0.0509. The van der Waals surface area contributed by atoms with Crippen molar-refractivity contribution in [1.29, 1.82) is 0 Å². The van der Waals surface area contributed by atoms with E-state index >= 15 is 0 Å². The molecule has 5 aliphatic rings. The van der Waals surface area contributed by atoms with Crippen LogP contribution in [-0.2, 0) is 14.3 Å². The van der Waals surface area contributed by atoms with Gasteiger partial charge in [-0.15, -0.1) is 0 Å². The fourth-order valence-corrected chi connectivity index (χ4v) is 9.77. The number of carbonyl (C=O) groups is 1. The molecule has 43 heavy (non-hydrogen) atoms. The van der Waals surface area contributed by atoms with Gasteiger partial charge in [-0.1, -0.05) is 34.6 Å². The molecule has 0 amide bonds. The molecule has 5 rings (SSSR count). The molecule has 1 saturated heterocycles. The van der Waals surface area contributed by atoms with Gasteiger partial charge < -0.3 is 45.2 Å². The zero-order chi connectivity index (χ0) is 31.6. The Balaban J connectivity index is 1.36. The molecule has 7 N–H and O–H groups in total. The molecule has 4 aliphatic carbocycles. The SMILES string of the molecule is CC(C)CCC(O)C(C)C1CCC2(O)C3=CC(=O)C4CC(OC5OC(CO)C(O)C(O)C5O)C(O)CC4(C)C3CCC12C. The number of hydrogen-bond donors (Lipinski definition) is 7. The second-order valence-corrected chi connectivity index (χ2v) is 15.4. The predicted molar refractivity (Wildman–Crippen MR) is 156 cm³/mol. The van der Waals surface area contributed by atoms with Crippen LogP contribution in [0.2, 0.25) is 0 Å². The monoisotopic (exact) mass is 610 g/mol. The molecule has 0 aromatic rings. The van der Waals surface area contributed by atoms with Crippen LogP contribution in [0.15, 0.2) is 11.6 Å². The average molecular weight is 611 g/mol. The van der Waals surface area contributed by atoms with Crippen molar-refractivity contribution >= 4 is 5.78 Å². The number of ketones is 1. The second-order valence-electron chi connectivity index (χ2n) is 15.4. The van der Waals surface area contributed by atoms with Crippen LogP contribution >= 0.6 is 0 Å². The molecule has 10 nitrogen and oxygen atoms in total. The minimum absolute atomic E-state index is 0.0226. The van der Waals surface area contributed by atoms with Gasteiger partial charge >= 0.3 is 0 Å². The third kappa shape index (κ3) is 5.36. The fraction of sp³-hybridized carbons (Fsp3) is 0.909. The van der Waals surface area contributed by atoms with E-state index in [2.05, 4.69) is 27.7 Å². The van der Waals surface area contributed by atoms with Crippen LogP contribution in [0.4, 0.5) is 0 Å². The van der Waals surface area contributed by atoms with Crippen molar-refractivity contribution in [3.63, 3.8) is 0 Å². The topological polar surface area (TPSA) is 177 Å². The van der Waals surface area contributed by atoms with E-state index in [-0.39, 0.29) is 36.4 Å². The number of ether oxygens (including phenoxy) is 2. The Kier molecular flexibility index (Phi) is 9.33.